The van der Waals surface area contributed by atoms with Crippen molar-refractivity contribution in [3.05, 3.63) is 40.4 Å². The van der Waals surface area contributed by atoms with Crippen LogP contribution in [0.4, 0.5) is 5.69 Å². The van der Waals surface area contributed by atoms with Crippen LogP contribution in [-0.4, -0.2) is 28.0 Å². The average Bonchev–Trinajstić information content (AvgIpc) is 1.90. The largest absolute Gasteiger partial charge is 2.00 e. The molecule has 0 atom stereocenters. The van der Waals surface area contributed by atoms with E-state index in [0.717, 1.165) is 0 Å². The zero-order valence-electron chi connectivity index (χ0n) is 5.66. The van der Waals surface area contributed by atoms with Crippen LogP contribution >= 0.6 is 0 Å². The summed E-state index contributed by atoms with van der Waals surface area (Å²) in [6.45, 7) is 0. The number of non-ortho nitro benzene ring substituents is 1. The third kappa shape index (κ3) is 4.54. The normalized spacial score (nSPS) is 7.27. The molecule has 0 spiro atoms. The van der Waals surface area contributed by atoms with E-state index in [0.29, 0.717) is 0 Å². The van der Waals surface area contributed by atoms with Gasteiger partial charge in [-0.15, -0.1) is 0 Å². The molecule has 0 radical (unpaired) electrons. The van der Waals surface area contributed by atoms with Crippen LogP contribution in [0.25, 0.3) is 0 Å². The summed E-state index contributed by atoms with van der Waals surface area (Å²) in [7, 11) is 0. The van der Waals surface area contributed by atoms with Crippen molar-refractivity contribution in [2.45, 2.75) is 0 Å². The molecule has 3 nitrogen and oxygen atoms in total. The Labute approximate surface area is 97.5 Å². The molecule has 0 N–H and O–H groups in total. The van der Waals surface area contributed by atoms with Gasteiger partial charge in [0.15, 0.2) is 5.69 Å². The monoisotopic (exact) mass is 273 g/mol. The number of benzene rings is 1. The first-order valence-corrected chi connectivity index (χ1v) is 2.41. The van der Waals surface area contributed by atoms with Gasteiger partial charge in [-0.3, -0.25) is 10.1 Å². The Bertz CT molecular complexity index is 217. The molecule has 0 saturated carbocycles. The molecule has 0 amide bonds. The van der Waals surface area contributed by atoms with Gasteiger partial charge in [0.1, 0.15) is 0 Å². The fourth-order valence-electron chi connectivity index (χ4n) is 0.500. The second-order valence-corrected chi connectivity index (χ2v) is 1.52. The number of nitrogens with zero attached hydrogens (tertiary/aromatic N) is 1. The predicted octanol–water partition coefficient (Wildman–Crippen LogP) is -1.98. The van der Waals surface area contributed by atoms with Crippen LogP contribution < -0.4 is 24.0 Å². The second-order valence-electron chi connectivity index (χ2n) is 1.52. The SMILES string of the molecule is O=[N+]([O-])c1cc[c-]cc1.[I-].[Mg+2]. The van der Waals surface area contributed by atoms with Gasteiger partial charge in [-0.1, -0.05) is 12.1 Å². The minimum absolute atomic E-state index is 0. The first kappa shape index (κ1) is 13.7. The number of nitro groups is 1. The maximum Gasteiger partial charge on any atom is 2.00 e. The van der Waals surface area contributed by atoms with Crippen molar-refractivity contribution >= 4 is 28.7 Å². The maximum atomic E-state index is 9.99. The van der Waals surface area contributed by atoms with Crippen molar-refractivity contribution in [3.63, 3.8) is 0 Å². The van der Waals surface area contributed by atoms with Gasteiger partial charge >= 0.3 is 23.1 Å². The van der Waals surface area contributed by atoms with E-state index in [9.17, 15) is 10.1 Å². The van der Waals surface area contributed by atoms with Crippen molar-refractivity contribution in [3.8, 4) is 0 Å². The van der Waals surface area contributed by atoms with Gasteiger partial charge in [0.2, 0.25) is 0 Å². The molecule has 0 unspecified atom stereocenters. The smallest absolute Gasteiger partial charge is 1.00 e. The molecule has 0 aromatic heterocycles. The summed E-state index contributed by atoms with van der Waals surface area (Å²) < 4.78 is 0. The molecular weight excluding hydrogens is 269 g/mol. The van der Waals surface area contributed by atoms with E-state index in [1.165, 1.54) is 24.3 Å². The minimum atomic E-state index is -0.437. The van der Waals surface area contributed by atoms with E-state index in [2.05, 4.69) is 6.07 Å². The summed E-state index contributed by atoms with van der Waals surface area (Å²) in [6.07, 6.45) is 0. The van der Waals surface area contributed by atoms with Crippen LogP contribution in [0.1, 0.15) is 0 Å². The Balaban J connectivity index is 0. The second kappa shape index (κ2) is 6.80. The Morgan fingerprint density at radius 1 is 1.36 bits per heavy atom. The molecule has 0 heterocycles. The molecule has 1 aromatic rings. The van der Waals surface area contributed by atoms with E-state index in [1.807, 2.05) is 0 Å². The summed E-state index contributed by atoms with van der Waals surface area (Å²) in [6, 6.07) is 8.51. The Morgan fingerprint density at radius 2 is 1.82 bits per heavy atom. The van der Waals surface area contributed by atoms with Gasteiger partial charge in [-0.2, -0.15) is 18.2 Å². The van der Waals surface area contributed by atoms with Crippen LogP contribution in [0.3, 0.4) is 0 Å². The van der Waals surface area contributed by atoms with Gasteiger partial charge in [0.25, 0.3) is 0 Å². The summed E-state index contributed by atoms with van der Waals surface area (Å²) in [5, 5.41) is 9.99. The maximum absolute atomic E-state index is 9.99. The molecule has 0 saturated heterocycles. The van der Waals surface area contributed by atoms with Crippen LogP contribution in [0.15, 0.2) is 24.3 Å². The average molecular weight is 273 g/mol. The third-order valence-electron chi connectivity index (χ3n) is 0.911. The van der Waals surface area contributed by atoms with Gasteiger partial charge in [-0.25, -0.2) is 0 Å². The number of nitro benzene ring substituents is 1. The zero-order valence-corrected chi connectivity index (χ0v) is 9.23. The fourth-order valence-corrected chi connectivity index (χ4v) is 0.500. The van der Waals surface area contributed by atoms with Crippen molar-refractivity contribution in [2.24, 2.45) is 0 Å². The van der Waals surface area contributed by atoms with Crippen molar-refractivity contribution in [1.82, 2.24) is 0 Å². The molecule has 0 aliphatic rings. The third-order valence-corrected chi connectivity index (χ3v) is 0.911. The molecule has 0 fully saturated rings. The van der Waals surface area contributed by atoms with Crippen molar-refractivity contribution in [1.29, 1.82) is 0 Å². The first-order valence-electron chi connectivity index (χ1n) is 2.41. The summed E-state index contributed by atoms with van der Waals surface area (Å²) >= 11 is 0. The van der Waals surface area contributed by atoms with E-state index in [4.69, 9.17) is 0 Å². The van der Waals surface area contributed by atoms with Crippen molar-refractivity contribution in [2.75, 3.05) is 0 Å². The minimum Gasteiger partial charge on any atom is -1.00 e. The van der Waals surface area contributed by atoms with E-state index < -0.39 is 4.92 Å². The van der Waals surface area contributed by atoms with Crippen LogP contribution in [0.5, 0.6) is 0 Å². The zero-order chi connectivity index (χ0) is 6.69. The molecule has 54 valence electrons. The fraction of sp³-hybridized carbons (Fsp3) is 0. The molecule has 1 aromatic carbocycles. The van der Waals surface area contributed by atoms with Gasteiger partial charge in [0, 0.05) is 4.92 Å². The number of hydrogen-bond acceptors (Lipinski definition) is 2. The standard InChI is InChI=1S/C6H4NO2.HI.Mg/c8-7(9)6-4-2-1-3-5-6;;/h2-5H;1H;/q-1;;+2/p-1. The van der Waals surface area contributed by atoms with Gasteiger partial charge < -0.3 is 24.0 Å². The van der Waals surface area contributed by atoms with E-state index >= 15 is 0 Å². The molecular formula is C6H4IMgNO2. The molecule has 0 bridgehead atoms. The summed E-state index contributed by atoms with van der Waals surface area (Å²) in [5.74, 6) is 0. The Kier molecular flexibility index (Phi) is 8.47. The van der Waals surface area contributed by atoms with Gasteiger partial charge in [0.05, 0.1) is 0 Å². The van der Waals surface area contributed by atoms with E-state index in [1.54, 1.807) is 0 Å². The van der Waals surface area contributed by atoms with E-state index in [-0.39, 0.29) is 52.7 Å². The summed E-state index contributed by atoms with van der Waals surface area (Å²) in [5.41, 5.74) is 0.105. The summed E-state index contributed by atoms with van der Waals surface area (Å²) in [4.78, 5) is 9.56. The molecule has 11 heavy (non-hydrogen) atoms. The molecule has 5 heteroatoms. The van der Waals surface area contributed by atoms with Crippen molar-refractivity contribution < 1.29 is 28.9 Å². The molecule has 0 aliphatic carbocycles. The van der Waals surface area contributed by atoms with Crippen LogP contribution in [0.2, 0.25) is 0 Å². The Morgan fingerprint density at radius 3 is 2.09 bits per heavy atom. The molecule has 0 aliphatic heterocycles. The number of halogens is 1. The Hall–Kier alpha value is 0.116. The topological polar surface area (TPSA) is 43.1 Å². The predicted molar refractivity (Wildman–Crippen MR) is 37.7 cm³/mol. The quantitative estimate of drug-likeness (QED) is 0.196. The molecule has 1 rings (SSSR count). The van der Waals surface area contributed by atoms with Crippen LogP contribution in [0, 0.1) is 16.2 Å². The van der Waals surface area contributed by atoms with Gasteiger partial charge in [-0.05, 0) is 0 Å². The first-order chi connectivity index (χ1) is 4.30. The number of rotatable bonds is 1. The number of hydrogen-bond donors (Lipinski definition) is 0. The van der Waals surface area contributed by atoms with Crippen LogP contribution in [-0.2, 0) is 0 Å².